The minimum atomic E-state index is -5.08. The lowest BCUT2D eigenvalue weighted by atomic mass is 9.88. The molecule has 1 saturated heterocycles. The fraction of sp³-hybridized carbons (Fsp3) is 0.467. The number of alkyl halides is 3. The maximum atomic E-state index is 12.3. The first-order valence-electron chi connectivity index (χ1n) is 7.26. The number of benzene rings is 1. The summed E-state index contributed by atoms with van der Waals surface area (Å²) in [5, 5.41) is 20.2. The van der Waals surface area contributed by atoms with Crippen molar-refractivity contribution < 1.29 is 33.0 Å². The second kappa shape index (κ2) is 6.68. The molecule has 0 radical (unpaired) electrons. The molecule has 1 amide bonds. The zero-order valence-corrected chi connectivity index (χ0v) is 12.9. The minimum Gasteiger partial charge on any atom is -0.508 e. The van der Waals surface area contributed by atoms with Crippen molar-refractivity contribution in [1.29, 1.82) is 0 Å². The van der Waals surface area contributed by atoms with E-state index in [2.05, 4.69) is 5.32 Å². The molecule has 3 N–H and O–H groups in total. The summed E-state index contributed by atoms with van der Waals surface area (Å²) < 4.78 is 31.7. The normalized spacial score (nSPS) is 19.8. The van der Waals surface area contributed by atoms with Gasteiger partial charge in [0.25, 0.3) is 5.91 Å². The lowest BCUT2D eigenvalue weighted by Gasteiger charge is -2.40. The van der Waals surface area contributed by atoms with E-state index >= 15 is 0 Å². The van der Waals surface area contributed by atoms with E-state index in [0.29, 0.717) is 0 Å². The summed E-state index contributed by atoms with van der Waals surface area (Å²) in [7, 11) is 0. The summed E-state index contributed by atoms with van der Waals surface area (Å²) in [6.07, 6.45) is -4.24. The molecule has 1 aromatic rings. The molecular formula is C15H17F3N2O4. The van der Waals surface area contributed by atoms with Crippen LogP contribution in [0.15, 0.2) is 12.1 Å². The number of carbonyl (C=O) groups excluding carboxylic acids is 1. The van der Waals surface area contributed by atoms with Crippen molar-refractivity contribution in [3.8, 4) is 5.75 Å². The monoisotopic (exact) mass is 346 g/mol. The van der Waals surface area contributed by atoms with Crippen LogP contribution in [0.2, 0.25) is 0 Å². The SMILES string of the molecule is Cc1c(O)ccc2c1C[C@@H]1CNCCN1C2=O.O=C(O)C(F)(F)F. The number of phenols is 1. The molecular weight excluding hydrogens is 329 g/mol. The highest BCUT2D eigenvalue weighted by molar-refractivity contribution is 5.97. The van der Waals surface area contributed by atoms with E-state index in [9.17, 15) is 23.1 Å². The molecule has 0 spiro atoms. The standard InChI is InChI=1S/C13H16N2O2.C2HF3O2/c1-8-11-6-9-7-14-4-5-15(9)13(17)10(11)2-3-12(8)16;3-2(4,5)1(6)7/h2-3,9,14,16H,4-7H2,1H3;(H,6,7)/t9-;/m1./s1. The number of aliphatic carboxylic acids is 1. The van der Waals surface area contributed by atoms with E-state index in [0.717, 1.165) is 42.7 Å². The molecule has 0 bridgehead atoms. The number of hydrogen-bond donors (Lipinski definition) is 3. The number of nitrogens with one attached hydrogen (secondary N) is 1. The van der Waals surface area contributed by atoms with Crippen LogP contribution in [0.5, 0.6) is 5.75 Å². The third-order valence-electron chi connectivity index (χ3n) is 4.09. The number of carboxylic acid groups (broad SMARTS) is 1. The quantitative estimate of drug-likeness (QED) is 0.659. The number of carboxylic acids is 1. The number of phenolic OH excluding ortho intramolecular Hbond substituents is 1. The summed E-state index contributed by atoms with van der Waals surface area (Å²) in [5.74, 6) is -2.36. The Morgan fingerprint density at radius 3 is 2.58 bits per heavy atom. The fourth-order valence-corrected chi connectivity index (χ4v) is 2.81. The number of hydrogen-bond acceptors (Lipinski definition) is 4. The summed E-state index contributed by atoms with van der Waals surface area (Å²) in [6, 6.07) is 3.61. The van der Waals surface area contributed by atoms with E-state index in [1.165, 1.54) is 0 Å². The predicted molar refractivity (Wildman–Crippen MR) is 77.9 cm³/mol. The summed E-state index contributed by atoms with van der Waals surface area (Å²) in [6.45, 7) is 4.38. The Morgan fingerprint density at radius 1 is 1.38 bits per heavy atom. The molecule has 1 aromatic carbocycles. The van der Waals surface area contributed by atoms with Crippen LogP contribution in [0.3, 0.4) is 0 Å². The second-order valence-corrected chi connectivity index (χ2v) is 5.60. The Kier molecular flexibility index (Phi) is 5.02. The molecule has 6 nitrogen and oxygen atoms in total. The van der Waals surface area contributed by atoms with Crippen LogP contribution in [0.25, 0.3) is 0 Å². The third-order valence-corrected chi connectivity index (χ3v) is 4.09. The molecule has 1 fully saturated rings. The smallest absolute Gasteiger partial charge is 0.490 e. The first-order valence-corrected chi connectivity index (χ1v) is 7.26. The molecule has 2 aliphatic heterocycles. The number of rotatable bonds is 0. The Bertz CT molecular complexity index is 661. The van der Waals surface area contributed by atoms with Crippen molar-refractivity contribution in [2.75, 3.05) is 19.6 Å². The number of halogens is 3. The number of aromatic hydroxyl groups is 1. The van der Waals surface area contributed by atoms with E-state index in [1.54, 1.807) is 12.1 Å². The average molecular weight is 346 g/mol. The Morgan fingerprint density at radius 2 is 2.00 bits per heavy atom. The van der Waals surface area contributed by atoms with Gasteiger partial charge in [0.1, 0.15) is 5.75 Å². The van der Waals surface area contributed by atoms with Gasteiger partial charge in [-0.05, 0) is 36.6 Å². The molecule has 0 aromatic heterocycles. The van der Waals surface area contributed by atoms with Gasteiger partial charge in [-0.25, -0.2) is 4.79 Å². The molecule has 1 atom stereocenters. The van der Waals surface area contributed by atoms with Gasteiger partial charge >= 0.3 is 12.1 Å². The summed E-state index contributed by atoms with van der Waals surface area (Å²) >= 11 is 0. The minimum absolute atomic E-state index is 0.112. The van der Waals surface area contributed by atoms with Crippen molar-refractivity contribution in [2.24, 2.45) is 0 Å². The number of piperazine rings is 1. The van der Waals surface area contributed by atoms with Crippen molar-refractivity contribution >= 4 is 11.9 Å². The summed E-state index contributed by atoms with van der Waals surface area (Å²) in [4.78, 5) is 23.2. The predicted octanol–water partition coefficient (Wildman–Crippen LogP) is 1.30. The topological polar surface area (TPSA) is 89.9 Å². The molecule has 0 unspecified atom stereocenters. The van der Waals surface area contributed by atoms with Crippen LogP contribution >= 0.6 is 0 Å². The highest BCUT2D eigenvalue weighted by Gasteiger charge is 2.38. The molecule has 24 heavy (non-hydrogen) atoms. The molecule has 2 heterocycles. The van der Waals surface area contributed by atoms with Crippen LogP contribution in [-0.2, 0) is 11.2 Å². The van der Waals surface area contributed by atoms with Gasteiger partial charge in [0.05, 0.1) is 0 Å². The zero-order valence-electron chi connectivity index (χ0n) is 12.9. The lowest BCUT2D eigenvalue weighted by molar-refractivity contribution is -0.192. The molecule has 0 saturated carbocycles. The number of amides is 1. The van der Waals surface area contributed by atoms with Crippen LogP contribution in [0.4, 0.5) is 13.2 Å². The number of nitrogens with zero attached hydrogens (tertiary/aromatic N) is 1. The van der Waals surface area contributed by atoms with Gasteiger partial charge in [-0.3, -0.25) is 4.79 Å². The van der Waals surface area contributed by atoms with Crippen LogP contribution in [-0.4, -0.2) is 58.8 Å². The van der Waals surface area contributed by atoms with E-state index in [4.69, 9.17) is 9.90 Å². The fourth-order valence-electron chi connectivity index (χ4n) is 2.81. The average Bonchev–Trinajstić information content (AvgIpc) is 2.51. The Hall–Kier alpha value is -2.29. The lowest BCUT2D eigenvalue weighted by Crippen LogP contribution is -2.56. The van der Waals surface area contributed by atoms with Gasteiger partial charge in [0.15, 0.2) is 0 Å². The first-order chi connectivity index (χ1) is 11.1. The zero-order chi connectivity index (χ0) is 18.1. The van der Waals surface area contributed by atoms with Crippen molar-refractivity contribution in [1.82, 2.24) is 10.2 Å². The van der Waals surface area contributed by atoms with Gasteiger partial charge in [-0.15, -0.1) is 0 Å². The van der Waals surface area contributed by atoms with Gasteiger partial charge < -0.3 is 20.4 Å². The van der Waals surface area contributed by atoms with Crippen LogP contribution in [0.1, 0.15) is 21.5 Å². The van der Waals surface area contributed by atoms with Crippen LogP contribution in [0, 0.1) is 6.92 Å². The maximum absolute atomic E-state index is 12.3. The van der Waals surface area contributed by atoms with Crippen molar-refractivity contribution in [3.63, 3.8) is 0 Å². The second-order valence-electron chi connectivity index (χ2n) is 5.60. The highest BCUT2D eigenvalue weighted by atomic mass is 19.4. The Balaban J connectivity index is 0.000000256. The Labute approximate surface area is 135 Å². The first kappa shape index (κ1) is 18.1. The molecule has 0 aliphatic carbocycles. The van der Waals surface area contributed by atoms with Gasteiger partial charge in [0.2, 0.25) is 0 Å². The molecule has 132 valence electrons. The molecule has 2 aliphatic rings. The largest absolute Gasteiger partial charge is 0.508 e. The highest BCUT2D eigenvalue weighted by Crippen LogP contribution is 2.31. The van der Waals surface area contributed by atoms with Gasteiger partial charge in [-0.2, -0.15) is 13.2 Å². The van der Waals surface area contributed by atoms with Crippen molar-refractivity contribution in [2.45, 2.75) is 25.6 Å². The van der Waals surface area contributed by atoms with Gasteiger partial charge in [0, 0.05) is 31.2 Å². The molecule has 9 heteroatoms. The van der Waals surface area contributed by atoms with Gasteiger partial charge in [-0.1, -0.05) is 0 Å². The van der Waals surface area contributed by atoms with Crippen LogP contribution < -0.4 is 5.32 Å². The van der Waals surface area contributed by atoms with Crippen molar-refractivity contribution in [3.05, 3.63) is 28.8 Å². The number of fused-ring (bicyclic) bond motifs is 2. The van der Waals surface area contributed by atoms with E-state index in [1.807, 2.05) is 11.8 Å². The third kappa shape index (κ3) is 3.61. The number of carbonyl (C=O) groups is 2. The summed E-state index contributed by atoms with van der Waals surface area (Å²) in [5.41, 5.74) is 2.62. The molecule has 3 rings (SSSR count). The van der Waals surface area contributed by atoms with E-state index < -0.39 is 12.1 Å². The van der Waals surface area contributed by atoms with E-state index in [-0.39, 0.29) is 17.7 Å². The maximum Gasteiger partial charge on any atom is 0.490 e.